The molecule has 0 atom stereocenters. The Morgan fingerprint density at radius 2 is 2.00 bits per heavy atom. The van der Waals surface area contributed by atoms with E-state index in [0.717, 1.165) is 38.2 Å². The van der Waals surface area contributed by atoms with Crippen molar-refractivity contribution in [3.63, 3.8) is 0 Å². The van der Waals surface area contributed by atoms with E-state index < -0.39 is 0 Å². The van der Waals surface area contributed by atoms with Crippen molar-refractivity contribution in [3.8, 4) is 0 Å². The van der Waals surface area contributed by atoms with E-state index in [0.29, 0.717) is 5.92 Å². The van der Waals surface area contributed by atoms with Crippen LogP contribution >= 0.6 is 0 Å². The summed E-state index contributed by atoms with van der Waals surface area (Å²) in [5, 5.41) is 9.17. The van der Waals surface area contributed by atoms with E-state index in [1.807, 2.05) is 0 Å². The molecule has 2 nitrogen and oxygen atoms in total. The molecular weight excluding hydrogens is 139 g/mol. The topological polar surface area (TPSA) is 37.3 Å². The summed E-state index contributed by atoms with van der Waals surface area (Å²) >= 11 is 0. The average Bonchev–Trinajstić information content (AvgIpc) is 2.04. The number of hydrogen-bond donors (Lipinski definition) is 1. The fourth-order valence-electron chi connectivity index (χ4n) is 1.63. The maximum Gasteiger partial charge on any atom is 0.197 e. The highest BCUT2D eigenvalue weighted by Gasteiger charge is 2.18. The van der Waals surface area contributed by atoms with Crippen LogP contribution in [0.5, 0.6) is 0 Å². The normalized spacial score (nSPS) is 31.4. The van der Waals surface area contributed by atoms with E-state index in [1.165, 1.54) is 0 Å². The van der Waals surface area contributed by atoms with Gasteiger partial charge in [0.2, 0.25) is 0 Å². The van der Waals surface area contributed by atoms with E-state index in [-0.39, 0.29) is 6.10 Å². The summed E-state index contributed by atoms with van der Waals surface area (Å²) in [6.07, 6.45) is 5.66. The Bertz CT molecular complexity index is 119. The molecular formula is C8H14BO2. The van der Waals surface area contributed by atoms with Crippen molar-refractivity contribution in [3.05, 3.63) is 0 Å². The number of hydrogen-bond acceptors (Lipinski definition) is 2. The van der Waals surface area contributed by atoms with Gasteiger partial charge in [0.15, 0.2) is 7.28 Å². The highest BCUT2D eigenvalue weighted by atomic mass is 16.3. The molecule has 0 aromatic heterocycles. The minimum absolute atomic E-state index is 0.0810. The second-order valence-electron chi connectivity index (χ2n) is 3.28. The molecule has 1 saturated carbocycles. The fraction of sp³-hybridized carbons (Fsp3) is 0.875. The van der Waals surface area contributed by atoms with Crippen LogP contribution in [0.15, 0.2) is 0 Å². The van der Waals surface area contributed by atoms with Crippen LogP contribution in [-0.4, -0.2) is 24.7 Å². The molecule has 3 heteroatoms. The van der Waals surface area contributed by atoms with Crippen molar-refractivity contribution in [1.82, 2.24) is 0 Å². The van der Waals surface area contributed by atoms with Crippen LogP contribution in [0.2, 0.25) is 6.32 Å². The zero-order valence-electron chi connectivity index (χ0n) is 6.70. The van der Waals surface area contributed by atoms with Crippen LogP contribution in [0.3, 0.4) is 0 Å². The van der Waals surface area contributed by atoms with E-state index in [2.05, 4.69) is 0 Å². The van der Waals surface area contributed by atoms with Crippen LogP contribution in [0.25, 0.3) is 0 Å². The molecule has 11 heavy (non-hydrogen) atoms. The Morgan fingerprint density at radius 3 is 2.55 bits per heavy atom. The average molecular weight is 153 g/mol. The van der Waals surface area contributed by atoms with Crippen molar-refractivity contribution in [2.45, 2.75) is 38.1 Å². The lowest BCUT2D eigenvalue weighted by molar-refractivity contribution is 0.113. The van der Waals surface area contributed by atoms with E-state index >= 15 is 0 Å². The van der Waals surface area contributed by atoms with Gasteiger partial charge in [0, 0.05) is 0 Å². The summed E-state index contributed by atoms with van der Waals surface area (Å²) in [5.74, 6) is 0.642. The third-order valence-corrected chi connectivity index (χ3v) is 2.38. The monoisotopic (exact) mass is 153 g/mol. The summed E-state index contributed by atoms with van der Waals surface area (Å²) in [4.78, 5) is 10.0. The number of carbonyl (C=O) groups excluding carboxylic acids is 1. The lowest BCUT2D eigenvalue weighted by atomic mass is 9.67. The first-order chi connectivity index (χ1) is 5.33. The number of aliphatic hydroxyl groups is 1. The molecule has 0 aromatic rings. The van der Waals surface area contributed by atoms with E-state index in [4.69, 9.17) is 0 Å². The highest BCUT2D eigenvalue weighted by Crippen LogP contribution is 2.26. The molecule has 0 bridgehead atoms. The molecule has 1 radical (unpaired) electrons. The SMILES string of the molecule is O=C[B]CC1CCC(O)CC1. The molecule has 0 spiro atoms. The van der Waals surface area contributed by atoms with Crippen molar-refractivity contribution in [2.75, 3.05) is 0 Å². The van der Waals surface area contributed by atoms with E-state index in [9.17, 15) is 9.90 Å². The van der Waals surface area contributed by atoms with Crippen molar-refractivity contribution in [2.24, 2.45) is 5.92 Å². The molecule has 0 aliphatic heterocycles. The lowest BCUT2D eigenvalue weighted by Gasteiger charge is -2.24. The summed E-state index contributed by atoms with van der Waals surface area (Å²) in [7, 11) is 1.68. The molecule has 0 aromatic carbocycles. The van der Waals surface area contributed by atoms with Crippen molar-refractivity contribution >= 4 is 13.5 Å². The quantitative estimate of drug-likeness (QED) is 0.482. The number of rotatable bonds is 3. The number of aliphatic hydroxyl groups excluding tert-OH is 1. The lowest BCUT2D eigenvalue weighted by Crippen LogP contribution is -2.19. The van der Waals surface area contributed by atoms with Gasteiger partial charge in [-0.25, -0.2) is 0 Å². The molecule has 61 valence electrons. The van der Waals surface area contributed by atoms with Gasteiger partial charge in [-0.15, -0.1) is 0 Å². The smallest absolute Gasteiger partial charge is 0.197 e. The molecule has 1 aliphatic carbocycles. The van der Waals surface area contributed by atoms with Crippen LogP contribution in [-0.2, 0) is 4.79 Å². The molecule has 0 heterocycles. The maximum absolute atomic E-state index is 10.0. The minimum Gasteiger partial charge on any atom is -0.393 e. The van der Waals surface area contributed by atoms with Gasteiger partial charge >= 0.3 is 0 Å². The third-order valence-electron chi connectivity index (χ3n) is 2.38. The van der Waals surface area contributed by atoms with Crippen LogP contribution in [0, 0.1) is 5.92 Å². The second kappa shape index (κ2) is 4.55. The summed E-state index contributed by atoms with van der Waals surface area (Å²) in [6.45, 7) is 0. The Balaban J connectivity index is 2.12. The first-order valence-corrected chi connectivity index (χ1v) is 4.28. The van der Waals surface area contributed by atoms with Gasteiger partial charge in [-0.3, -0.25) is 0 Å². The Kier molecular flexibility index (Phi) is 3.63. The molecule has 0 unspecified atom stereocenters. The van der Waals surface area contributed by atoms with Gasteiger partial charge in [0.25, 0.3) is 0 Å². The zero-order chi connectivity index (χ0) is 8.10. The maximum atomic E-state index is 10.0. The fourth-order valence-corrected chi connectivity index (χ4v) is 1.63. The molecule has 0 amide bonds. The van der Waals surface area contributed by atoms with Crippen LogP contribution in [0.4, 0.5) is 0 Å². The predicted molar refractivity (Wildman–Crippen MR) is 45.3 cm³/mol. The van der Waals surface area contributed by atoms with Gasteiger partial charge < -0.3 is 9.90 Å². The van der Waals surface area contributed by atoms with Gasteiger partial charge in [0.1, 0.15) is 0 Å². The Hall–Kier alpha value is -0.305. The Morgan fingerprint density at radius 1 is 1.36 bits per heavy atom. The molecule has 1 rings (SSSR count). The highest BCUT2D eigenvalue weighted by molar-refractivity contribution is 6.66. The number of carbonyl (C=O) groups is 1. The first-order valence-electron chi connectivity index (χ1n) is 4.28. The van der Waals surface area contributed by atoms with Crippen LogP contribution in [0.1, 0.15) is 25.7 Å². The standard InChI is InChI=1S/C8H14BO2/c10-6-9-5-7-1-3-8(11)4-2-7/h6-8,11H,1-5H2. The zero-order valence-corrected chi connectivity index (χ0v) is 6.70. The molecule has 1 aliphatic rings. The third kappa shape index (κ3) is 3.06. The largest absolute Gasteiger partial charge is 0.393 e. The van der Waals surface area contributed by atoms with Crippen molar-refractivity contribution in [1.29, 1.82) is 0 Å². The van der Waals surface area contributed by atoms with Crippen molar-refractivity contribution < 1.29 is 9.90 Å². The molecule has 0 saturated heterocycles. The Labute approximate surface area is 68.2 Å². The molecule has 1 N–H and O–H groups in total. The second-order valence-corrected chi connectivity index (χ2v) is 3.28. The molecule has 1 fully saturated rings. The van der Waals surface area contributed by atoms with Gasteiger partial charge in [0.05, 0.1) is 12.3 Å². The summed E-state index contributed by atoms with van der Waals surface area (Å²) in [5.41, 5.74) is 0. The summed E-state index contributed by atoms with van der Waals surface area (Å²) in [6, 6.07) is 0. The summed E-state index contributed by atoms with van der Waals surface area (Å²) < 4.78 is 0. The van der Waals surface area contributed by atoms with Gasteiger partial charge in [-0.05, 0) is 31.6 Å². The van der Waals surface area contributed by atoms with E-state index in [1.54, 1.807) is 7.28 Å². The van der Waals surface area contributed by atoms with Gasteiger partial charge in [-0.2, -0.15) is 0 Å². The van der Waals surface area contributed by atoms with Gasteiger partial charge in [-0.1, -0.05) is 6.32 Å². The van der Waals surface area contributed by atoms with Crippen LogP contribution < -0.4 is 0 Å². The minimum atomic E-state index is -0.0810. The first kappa shape index (κ1) is 8.79. The predicted octanol–water partition coefficient (Wildman–Crippen LogP) is 0.850.